The Morgan fingerprint density at radius 2 is 1.79 bits per heavy atom. The van der Waals surface area contributed by atoms with Crippen molar-refractivity contribution < 1.29 is 24.5 Å². The molecule has 0 unspecified atom stereocenters. The highest BCUT2D eigenvalue weighted by Gasteiger charge is 2.16. The molecule has 0 aliphatic rings. The molecule has 0 aliphatic carbocycles. The van der Waals surface area contributed by atoms with E-state index in [0.717, 1.165) is 0 Å². The zero-order chi connectivity index (χ0) is 21.1. The lowest BCUT2D eigenvalue weighted by atomic mass is 10.2. The molecular weight excluding hydrogens is 454 g/mol. The summed E-state index contributed by atoms with van der Waals surface area (Å²) in [7, 11) is 0. The van der Waals surface area contributed by atoms with Crippen LogP contribution in [0.5, 0.6) is 11.6 Å². The fourth-order valence-corrected chi connectivity index (χ4v) is 2.84. The molecule has 2 N–H and O–H groups in total. The average Bonchev–Trinajstić information content (AvgIpc) is 2.99. The van der Waals surface area contributed by atoms with Gasteiger partial charge < -0.3 is 14.8 Å². The van der Waals surface area contributed by atoms with Gasteiger partial charge in [-0.3, -0.25) is 25.0 Å². The molecule has 13 heteroatoms. The Balaban J connectivity index is 1.74. The summed E-state index contributed by atoms with van der Waals surface area (Å²) < 4.78 is 5.52. The summed E-state index contributed by atoms with van der Waals surface area (Å²) in [6.07, 6.45) is 0. The lowest BCUT2D eigenvalue weighted by Crippen LogP contribution is -2.08. The van der Waals surface area contributed by atoms with Gasteiger partial charge in [-0.1, -0.05) is 0 Å². The Morgan fingerprint density at radius 3 is 2.45 bits per heavy atom. The molecular formula is C16H10BrN5O7. The minimum atomic E-state index is -0.811. The van der Waals surface area contributed by atoms with Crippen LogP contribution in [0.1, 0.15) is 0 Å². The molecule has 0 saturated heterocycles. The van der Waals surface area contributed by atoms with Crippen LogP contribution >= 0.6 is 15.9 Å². The number of rotatable bonds is 6. The predicted molar refractivity (Wildman–Crippen MR) is 102 cm³/mol. The van der Waals surface area contributed by atoms with Crippen LogP contribution in [0.25, 0.3) is 10.9 Å². The van der Waals surface area contributed by atoms with E-state index < -0.39 is 28.2 Å². The van der Waals surface area contributed by atoms with Gasteiger partial charge in [0.1, 0.15) is 5.75 Å². The number of carbonyl (C=O) groups excluding carboxylic acids is 1. The number of aromatic nitrogens is 1. The normalized spacial score (nSPS) is 11.1. The summed E-state index contributed by atoms with van der Waals surface area (Å²) in [5, 5.41) is 38.8. The molecule has 2 aromatic carbocycles. The number of nitrogens with one attached hydrogen (secondary N) is 1. The first-order chi connectivity index (χ1) is 13.8. The molecule has 3 rings (SSSR count). The van der Waals surface area contributed by atoms with Crippen LogP contribution in [0, 0.1) is 20.2 Å². The van der Waals surface area contributed by atoms with Crippen molar-refractivity contribution in [2.45, 2.75) is 0 Å². The smallest absolute Gasteiger partial charge is 0.302 e. The number of ether oxygens (including phenoxy) is 1. The minimum Gasteiger partial charge on any atom is -0.493 e. The van der Waals surface area contributed by atoms with Gasteiger partial charge in [-0.2, -0.15) is 0 Å². The number of nitro benzene ring substituents is 2. The second-order valence-electron chi connectivity index (χ2n) is 5.56. The SMILES string of the molecule is O=C(COc1ccc([N+](=O)[O-])cc1Br)N=Nc1c(O)[nH]c2ccc([N+](=O)[O-])cc12. The van der Waals surface area contributed by atoms with Gasteiger partial charge >= 0.3 is 5.91 Å². The maximum atomic E-state index is 11.9. The van der Waals surface area contributed by atoms with E-state index in [2.05, 4.69) is 31.1 Å². The highest BCUT2D eigenvalue weighted by atomic mass is 79.9. The highest BCUT2D eigenvalue weighted by molar-refractivity contribution is 9.10. The van der Waals surface area contributed by atoms with Crippen LogP contribution in [0.4, 0.5) is 17.1 Å². The largest absolute Gasteiger partial charge is 0.493 e. The number of azo groups is 1. The van der Waals surface area contributed by atoms with Crippen LogP contribution in [0.3, 0.4) is 0 Å². The second-order valence-corrected chi connectivity index (χ2v) is 6.42. The molecule has 1 aromatic heterocycles. The molecule has 3 aromatic rings. The molecule has 0 saturated carbocycles. The van der Waals surface area contributed by atoms with E-state index >= 15 is 0 Å². The van der Waals surface area contributed by atoms with Crippen molar-refractivity contribution in [3.63, 3.8) is 0 Å². The third-order valence-corrected chi connectivity index (χ3v) is 4.31. The fraction of sp³-hybridized carbons (Fsp3) is 0.0625. The second kappa shape index (κ2) is 8.02. The van der Waals surface area contributed by atoms with Gasteiger partial charge in [0.2, 0.25) is 5.88 Å². The number of H-pyrrole nitrogens is 1. The summed E-state index contributed by atoms with van der Waals surface area (Å²) in [5.74, 6) is -1.03. The summed E-state index contributed by atoms with van der Waals surface area (Å²) in [6.45, 7) is -0.525. The van der Waals surface area contributed by atoms with Crippen molar-refractivity contribution in [3.05, 3.63) is 61.1 Å². The van der Waals surface area contributed by atoms with Crippen LogP contribution < -0.4 is 4.74 Å². The molecule has 1 heterocycles. The van der Waals surface area contributed by atoms with Crippen molar-refractivity contribution in [2.24, 2.45) is 10.2 Å². The van der Waals surface area contributed by atoms with Crippen LogP contribution in [-0.2, 0) is 4.79 Å². The van der Waals surface area contributed by atoms with Crippen molar-refractivity contribution in [1.82, 2.24) is 4.98 Å². The van der Waals surface area contributed by atoms with Crippen LogP contribution in [-0.4, -0.2) is 32.5 Å². The zero-order valence-corrected chi connectivity index (χ0v) is 15.8. The Hall–Kier alpha value is -3.87. The van der Waals surface area contributed by atoms with Crippen molar-refractivity contribution in [2.75, 3.05) is 6.61 Å². The van der Waals surface area contributed by atoms with Crippen LogP contribution in [0.2, 0.25) is 0 Å². The number of aromatic amines is 1. The van der Waals surface area contributed by atoms with E-state index in [0.29, 0.717) is 5.52 Å². The van der Waals surface area contributed by atoms with Gasteiger partial charge in [0, 0.05) is 29.7 Å². The number of nitro groups is 2. The number of amides is 1. The highest BCUT2D eigenvalue weighted by Crippen LogP contribution is 2.37. The van der Waals surface area contributed by atoms with Crippen molar-refractivity contribution in [3.8, 4) is 11.6 Å². The first-order valence-electron chi connectivity index (χ1n) is 7.76. The molecule has 0 spiro atoms. The molecule has 0 aliphatic heterocycles. The molecule has 0 fully saturated rings. The van der Waals surface area contributed by atoms with E-state index in [4.69, 9.17) is 4.74 Å². The molecule has 0 atom stereocenters. The van der Waals surface area contributed by atoms with E-state index in [-0.39, 0.29) is 32.7 Å². The maximum absolute atomic E-state index is 11.9. The number of nitrogens with zero attached hydrogens (tertiary/aromatic N) is 4. The summed E-state index contributed by atoms with van der Waals surface area (Å²) in [4.78, 5) is 34.9. The molecule has 12 nitrogen and oxygen atoms in total. The molecule has 148 valence electrons. The first kappa shape index (κ1) is 19.9. The van der Waals surface area contributed by atoms with Gasteiger partial charge in [0.05, 0.1) is 19.8 Å². The number of hydrogen-bond acceptors (Lipinski definition) is 8. The standard InChI is InChI=1S/C16H10BrN5O7/c17-11-6-9(22(27)28)2-4-13(11)29-7-14(23)19-20-15-10-5-8(21(25)26)1-3-12(10)18-16(15)24/h1-6,18,24H,7H2. The van der Waals surface area contributed by atoms with Gasteiger partial charge in [0.25, 0.3) is 11.4 Å². The Kier molecular flexibility index (Phi) is 5.50. The van der Waals surface area contributed by atoms with E-state index in [1.165, 1.54) is 36.4 Å². The molecule has 0 radical (unpaired) electrons. The quantitative estimate of drug-likeness (QED) is 0.313. The predicted octanol–water partition coefficient (Wildman–Crippen LogP) is 4.14. The van der Waals surface area contributed by atoms with Gasteiger partial charge in [-0.05, 0) is 28.1 Å². The zero-order valence-electron chi connectivity index (χ0n) is 14.2. The Bertz CT molecular complexity index is 1170. The number of fused-ring (bicyclic) bond motifs is 1. The van der Waals surface area contributed by atoms with Crippen molar-refractivity contribution in [1.29, 1.82) is 0 Å². The molecule has 29 heavy (non-hydrogen) atoms. The number of benzene rings is 2. The summed E-state index contributed by atoms with van der Waals surface area (Å²) in [6, 6.07) is 7.58. The number of halogens is 1. The monoisotopic (exact) mass is 463 g/mol. The number of hydrogen-bond donors (Lipinski definition) is 2. The summed E-state index contributed by atoms with van der Waals surface area (Å²) >= 11 is 3.10. The average molecular weight is 464 g/mol. The minimum absolute atomic E-state index is 0.131. The first-order valence-corrected chi connectivity index (χ1v) is 8.56. The lowest BCUT2D eigenvalue weighted by Gasteiger charge is -2.05. The number of carbonyl (C=O) groups is 1. The van der Waals surface area contributed by atoms with Crippen LogP contribution in [0.15, 0.2) is 51.1 Å². The Morgan fingerprint density at radius 1 is 1.14 bits per heavy atom. The van der Waals surface area contributed by atoms with Gasteiger partial charge in [0.15, 0.2) is 12.3 Å². The number of aromatic hydroxyl groups is 1. The fourth-order valence-electron chi connectivity index (χ4n) is 2.36. The maximum Gasteiger partial charge on any atom is 0.302 e. The topological polar surface area (TPSA) is 173 Å². The van der Waals surface area contributed by atoms with E-state index in [1.54, 1.807) is 0 Å². The summed E-state index contributed by atoms with van der Waals surface area (Å²) in [5.41, 5.74) is -0.126. The third-order valence-electron chi connectivity index (χ3n) is 3.69. The van der Waals surface area contributed by atoms with E-state index in [9.17, 15) is 30.1 Å². The lowest BCUT2D eigenvalue weighted by molar-refractivity contribution is -0.385. The third kappa shape index (κ3) is 4.35. The van der Waals surface area contributed by atoms with Crippen molar-refractivity contribution >= 4 is 49.8 Å². The molecule has 1 amide bonds. The molecule has 0 bridgehead atoms. The van der Waals surface area contributed by atoms with E-state index in [1.807, 2.05) is 0 Å². The Labute approximate surface area is 169 Å². The number of non-ortho nitro benzene ring substituents is 2. The van der Waals surface area contributed by atoms with Gasteiger partial charge in [-0.15, -0.1) is 10.2 Å². The van der Waals surface area contributed by atoms with Gasteiger partial charge in [-0.25, -0.2) is 0 Å².